The van der Waals surface area contributed by atoms with E-state index in [1.54, 1.807) is 6.07 Å². The van der Waals surface area contributed by atoms with Crippen molar-refractivity contribution in [1.29, 1.82) is 0 Å². The van der Waals surface area contributed by atoms with E-state index in [1.807, 2.05) is 13.0 Å². The monoisotopic (exact) mass is 224 g/mol. The lowest BCUT2D eigenvalue weighted by molar-refractivity contribution is 0.324. The molecule has 0 saturated heterocycles. The first-order chi connectivity index (χ1) is 7.63. The molecule has 0 amide bonds. The summed E-state index contributed by atoms with van der Waals surface area (Å²) in [5, 5.41) is 3.28. The number of aryl methyl sites for hydroxylation is 1. The number of hydrogen-bond acceptors (Lipinski definition) is 2. The van der Waals surface area contributed by atoms with Crippen molar-refractivity contribution in [3.8, 4) is 0 Å². The fraction of sp³-hybridized carbons (Fsp3) is 0.538. The smallest absolute Gasteiger partial charge is 0.123 e. The van der Waals surface area contributed by atoms with E-state index in [2.05, 4.69) is 24.2 Å². The molecule has 16 heavy (non-hydrogen) atoms. The van der Waals surface area contributed by atoms with E-state index in [9.17, 15) is 4.39 Å². The van der Waals surface area contributed by atoms with E-state index in [-0.39, 0.29) is 5.82 Å². The number of benzene rings is 1. The summed E-state index contributed by atoms with van der Waals surface area (Å²) in [4.78, 5) is 2.20. The van der Waals surface area contributed by atoms with Crippen LogP contribution >= 0.6 is 0 Å². The minimum atomic E-state index is -0.152. The fourth-order valence-corrected chi connectivity index (χ4v) is 1.63. The summed E-state index contributed by atoms with van der Waals surface area (Å²) in [6.45, 7) is 7.86. The minimum Gasteiger partial charge on any atom is -0.316 e. The van der Waals surface area contributed by atoms with Gasteiger partial charge in [0.2, 0.25) is 0 Å². The number of hydrogen-bond donors (Lipinski definition) is 1. The summed E-state index contributed by atoms with van der Waals surface area (Å²) >= 11 is 0. The van der Waals surface area contributed by atoms with Gasteiger partial charge in [0.05, 0.1) is 0 Å². The Balaban J connectivity index is 2.48. The SMILES string of the molecule is CCNCCN(C)Cc1cc(F)ccc1C. The fourth-order valence-electron chi connectivity index (χ4n) is 1.63. The first-order valence-corrected chi connectivity index (χ1v) is 5.77. The molecule has 2 nitrogen and oxygen atoms in total. The summed E-state index contributed by atoms with van der Waals surface area (Å²) in [5.41, 5.74) is 2.22. The lowest BCUT2D eigenvalue weighted by atomic mass is 10.1. The average Bonchev–Trinajstić information content (AvgIpc) is 2.24. The Bertz CT molecular complexity index is 326. The number of likely N-dealkylation sites (N-methyl/N-ethyl adjacent to an activating group) is 2. The standard InChI is InChI=1S/C13H21FN2/c1-4-15-7-8-16(3)10-12-9-13(14)6-5-11(12)2/h5-6,9,15H,4,7-8,10H2,1-3H3. The molecule has 0 fully saturated rings. The molecule has 0 aliphatic carbocycles. The highest BCUT2D eigenvalue weighted by Crippen LogP contribution is 2.11. The zero-order valence-electron chi connectivity index (χ0n) is 10.4. The van der Waals surface area contributed by atoms with Gasteiger partial charge in [-0.2, -0.15) is 0 Å². The average molecular weight is 224 g/mol. The zero-order chi connectivity index (χ0) is 12.0. The van der Waals surface area contributed by atoms with Crippen LogP contribution in [-0.2, 0) is 6.54 Å². The molecule has 3 heteroatoms. The second-order valence-electron chi connectivity index (χ2n) is 4.16. The van der Waals surface area contributed by atoms with Gasteiger partial charge in [0, 0.05) is 19.6 Å². The highest BCUT2D eigenvalue weighted by atomic mass is 19.1. The molecule has 0 spiro atoms. The van der Waals surface area contributed by atoms with Gasteiger partial charge in [-0.15, -0.1) is 0 Å². The molecular weight excluding hydrogens is 203 g/mol. The Morgan fingerprint density at radius 3 is 2.81 bits per heavy atom. The quantitative estimate of drug-likeness (QED) is 0.745. The molecule has 1 N–H and O–H groups in total. The summed E-state index contributed by atoms with van der Waals surface area (Å²) in [6.07, 6.45) is 0. The molecule has 0 bridgehead atoms. The summed E-state index contributed by atoms with van der Waals surface area (Å²) in [5.74, 6) is -0.152. The highest BCUT2D eigenvalue weighted by molar-refractivity contribution is 5.26. The van der Waals surface area contributed by atoms with Crippen LogP contribution in [0.4, 0.5) is 4.39 Å². The van der Waals surface area contributed by atoms with Crippen LogP contribution in [0.15, 0.2) is 18.2 Å². The van der Waals surface area contributed by atoms with Gasteiger partial charge in [-0.1, -0.05) is 13.0 Å². The third-order valence-electron chi connectivity index (χ3n) is 2.67. The van der Waals surface area contributed by atoms with Crippen LogP contribution < -0.4 is 5.32 Å². The van der Waals surface area contributed by atoms with Gasteiger partial charge < -0.3 is 10.2 Å². The Kier molecular flexibility index (Phi) is 5.43. The van der Waals surface area contributed by atoms with Crippen molar-refractivity contribution >= 4 is 0 Å². The first kappa shape index (κ1) is 13.1. The van der Waals surface area contributed by atoms with Crippen molar-refractivity contribution in [3.05, 3.63) is 35.1 Å². The van der Waals surface area contributed by atoms with Gasteiger partial charge in [0.15, 0.2) is 0 Å². The summed E-state index contributed by atoms with van der Waals surface area (Å²) in [7, 11) is 2.06. The normalized spacial score (nSPS) is 11.1. The molecular formula is C13H21FN2. The maximum atomic E-state index is 13.1. The lowest BCUT2D eigenvalue weighted by Gasteiger charge is -2.18. The Hall–Kier alpha value is -0.930. The minimum absolute atomic E-state index is 0.152. The molecule has 0 atom stereocenters. The van der Waals surface area contributed by atoms with Crippen molar-refractivity contribution in [1.82, 2.24) is 10.2 Å². The van der Waals surface area contributed by atoms with Gasteiger partial charge in [0.1, 0.15) is 5.82 Å². The predicted molar refractivity (Wildman–Crippen MR) is 66.0 cm³/mol. The predicted octanol–water partition coefficient (Wildman–Crippen LogP) is 2.18. The topological polar surface area (TPSA) is 15.3 Å². The van der Waals surface area contributed by atoms with Crippen molar-refractivity contribution in [2.75, 3.05) is 26.7 Å². The Morgan fingerprint density at radius 2 is 2.12 bits per heavy atom. The maximum absolute atomic E-state index is 13.1. The van der Waals surface area contributed by atoms with Gasteiger partial charge >= 0.3 is 0 Å². The lowest BCUT2D eigenvalue weighted by Crippen LogP contribution is -2.29. The van der Waals surface area contributed by atoms with Crippen molar-refractivity contribution in [3.63, 3.8) is 0 Å². The third kappa shape index (κ3) is 4.29. The van der Waals surface area contributed by atoms with Crippen molar-refractivity contribution < 1.29 is 4.39 Å². The van der Waals surface area contributed by atoms with E-state index in [4.69, 9.17) is 0 Å². The molecule has 0 aromatic heterocycles. The maximum Gasteiger partial charge on any atom is 0.123 e. The second kappa shape index (κ2) is 6.61. The van der Waals surface area contributed by atoms with Gasteiger partial charge in [-0.25, -0.2) is 4.39 Å². The van der Waals surface area contributed by atoms with Crippen LogP contribution in [0, 0.1) is 12.7 Å². The molecule has 0 heterocycles. The van der Waals surface area contributed by atoms with Crippen LogP contribution in [0.5, 0.6) is 0 Å². The first-order valence-electron chi connectivity index (χ1n) is 5.77. The molecule has 0 aliphatic rings. The molecule has 1 aromatic rings. The van der Waals surface area contributed by atoms with E-state index < -0.39 is 0 Å². The summed E-state index contributed by atoms with van der Waals surface area (Å²) < 4.78 is 13.1. The van der Waals surface area contributed by atoms with Gasteiger partial charge in [-0.3, -0.25) is 0 Å². The summed E-state index contributed by atoms with van der Waals surface area (Å²) in [6, 6.07) is 4.97. The van der Waals surface area contributed by atoms with E-state index in [0.717, 1.165) is 37.3 Å². The van der Waals surface area contributed by atoms with Crippen molar-refractivity contribution in [2.45, 2.75) is 20.4 Å². The number of rotatable bonds is 6. The third-order valence-corrected chi connectivity index (χ3v) is 2.67. The number of nitrogens with zero attached hydrogens (tertiary/aromatic N) is 1. The number of halogens is 1. The second-order valence-corrected chi connectivity index (χ2v) is 4.16. The van der Waals surface area contributed by atoms with Crippen molar-refractivity contribution in [2.24, 2.45) is 0 Å². The van der Waals surface area contributed by atoms with Gasteiger partial charge in [0.25, 0.3) is 0 Å². The zero-order valence-corrected chi connectivity index (χ0v) is 10.4. The van der Waals surface area contributed by atoms with Crippen LogP contribution in [0.3, 0.4) is 0 Å². The highest BCUT2D eigenvalue weighted by Gasteiger charge is 2.04. The molecule has 0 saturated carbocycles. The Morgan fingerprint density at radius 1 is 1.38 bits per heavy atom. The van der Waals surface area contributed by atoms with E-state index in [0.29, 0.717) is 0 Å². The van der Waals surface area contributed by atoms with Crippen LogP contribution in [0.25, 0.3) is 0 Å². The molecule has 0 aliphatic heterocycles. The van der Waals surface area contributed by atoms with Crippen LogP contribution in [0.1, 0.15) is 18.1 Å². The molecule has 0 unspecified atom stereocenters. The number of nitrogens with one attached hydrogen (secondary N) is 1. The Labute approximate surface area is 97.5 Å². The van der Waals surface area contributed by atoms with E-state index >= 15 is 0 Å². The van der Waals surface area contributed by atoms with Gasteiger partial charge in [-0.05, 0) is 43.8 Å². The van der Waals surface area contributed by atoms with Crippen LogP contribution in [0.2, 0.25) is 0 Å². The largest absolute Gasteiger partial charge is 0.316 e. The van der Waals surface area contributed by atoms with Crippen LogP contribution in [-0.4, -0.2) is 31.6 Å². The van der Waals surface area contributed by atoms with E-state index in [1.165, 1.54) is 6.07 Å². The molecule has 1 rings (SSSR count). The molecule has 1 aromatic carbocycles. The molecule has 0 radical (unpaired) electrons. The molecule has 90 valence electrons.